The molecule has 2 atom stereocenters. The Hall–Kier alpha value is -4.57. The third-order valence-electron chi connectivity index (χ3n) is 7.37. The number of rotatable bonds is 7. The lowest BCUT2D eigenvalue weighted by molar-refractivity contribution is 0.00342. The Morgan fingerprint density at radius 1 is 1.00 bits per heavy atom. The average Bonchev–Trinajstić information content (AvgIpc) is 3.36. The molecule has 10 nitrogen and oxygen atoms in total. The zero-order valence-electron chi connectivity index (χ0n) is 21.2. The first-order valence-electron chi connectivity index (χ1n) is 12.7. The van der Waals surface area contributed by atoms with Gasteiger partial charge in [0.25, 0.3) is 0 Å². The number of para-hydroxylation sites is 1. The number of hydrogen-bond donors (Lipinski definition) is 2. The molecule has 2 fully saturated rings. The highest BCUT2D eigenvalue weighted by atomic mass is 16.5. The zero-order valence-corrected chi connectivity index (χ0v) is 21.2. The topological polar surface area (TPSA) is 108 Å². The van der Waals surface area contributed by atoms with Gasteiger partial charge in [-0.1, -0.05) is 18.2 Å². The Morgan fingerprint density at radius 2 is 1.92 bits per heavy atom. The molecule has 0 aliphatic carbocycles. The van der Waals surface area contributed by atoms with Crippen LogP contribution in [0.4, 0.5) is 17.5 Å². The number of aromatic nitrogens is 6. The molecule has 2 aliphatic heterocycles. The molecule has 1 unspecified atom stereocenters. The van der Waals surface area contributed by atoms with Crippen LogP contribution >= 0.6 is 0 Å². The number of benzene rings is 1. The first kappa shape index (κ1) is 22.6. The minimum atomic E-state index is 0.504. The minimum Gasteiger partial charge on any atom is -0.481 e. The molecule has 2 aliphatic rings. The van der Waals surface area contributed by atoms with Crippen molar-refractivity contribution in [2.24, 2.45) is 0 Å². The highest BCUT2D eigenvalue weighted by Gasteiger charge is 2.51. The molecular weight excluding hydrogens is 478 g/mol. The molecule has 0 amide bonds. The molecule has 0 saturated carbocycles. The number of nitrogens with one attached hydrogen (secondary N) is 2. The second kappa shape index (κ2) is 9.07. The molecule has 4 aromatic heterocycles. The molecule has 2 saturated heterocycles. The maximum absolute atomic E-state index is 5.16. The van der Waals surface area contributed by atoms with Gasteiger partial charge in [0.1, 0.15) is 11.6 Å². The van der Waals surface area contributed by atoms with E-state index in [0.717, 1.165) is 53.4 Å². The van der Waals surface area contributed by atoms with E-state index in [9.17, 15) is 0 Å². The number of methoxy groups -OCH3 is 1. The molecule has 0 radical (unpaired) electrons. The lowest BCUT2D eigenvalue weighted by Crippen LogP contribution is -2.78. The van der Waals surface area contributed by atoms with Crippen LogP contribution in [-0.2, 0) is 6.54 Å². The Kier molecular flexibility index (Phi) is 5.40. The third-order valence-corrected chi connectivity index (χ3v) is 7.37. The molecule has 190 valence electrons. The summed E-state index contributed by atoms with van der Waals surface area (Å²) in [5.74, 6) is 3.70. The van der Waals surface area contributed by atoms with Gasteiger partial charge in [-0.15, -0.1) is 0 Å². The molecule has 0 spiro atoms. The molecule has 38 heavy (non-hydrogen) atoms. The Labute approximate surface area is 219 Å². The Bertz CT molecular complexity index is 1600. The van der Waals surface area contributed by atoms with E-state index in [1.165, 1.54) is 5.56 Å². The quantitative estimate of drug-likeness (QED) is 0.340. The summed E-state index contributed by atoms with van der Waals surface area (Å²) in [6, 6.07) is 19.1. The smallest absolute Gasteiger partial charge is 0.212 e. The van der Waals surface area contributed by atoms with E-state index in [1.807, 2.05) is 55.7 Å². The predicted molar refractivity (Wildman–Crippen MR) is 145 cm³/mol. The maximum atomic E-state index is 5.16. The SMILES string of the molecule is COc1ccc(CN2C[C@H]3C2CN3c2ccc(-c3nc(Nc4cc(C)[nH]n4)c4ccccc4n3)cn2)cn1. The summed E-state index contributed by atoms with van der Waals surface area (Å²) in [7, 11) is 1.64. The van der Waals surface area contributed by atoms with E-state index >= 15 is 0 Å². The van der Waals surface area contributed by atoms with Crippen LogP contribution < -0.4 is 15.0 Å². The number of anilines is 3. The number of fused-ring (bicyclic) bond motifs is 2. The summed E-state index contributed by atoms with van der Waals surface area (Å²) in [6.45, 7) is 4.88. The van der Waals surface area contributed by atoms with Crippen molar-refractivity contribution in [3.05, 3.63) is 78.2 Å². The van der Waals surface area contributed by atoms with E-state index in [4.69, 9.17) is 19.7 Å². The van der Waals surface area contributed by atoms with Gasteiger partial charge in [-0.2, -0.15) is 5.10 Å². The van der Waals surface area contributed by atoms with Crippen molar-refractivity contribution < 1.29 is 4.74 Å². The fourth-order valence-electron chi connectivity index (χ4n) is 5.24. The number of pyridine rings is 2. The summed E-state index contributed by atoms with van der Waals surface area (Å²) < 4.78 is 5.16. The largest absolute Gasteiger partial charge is 0.481 e. The van der Waals surface area contributed by atoms with Crippen LogP contribution in [0.15, 0.2) is 67.0 Å². The molecule has 10 heteroatoms. The van der Waals surface area contributed by atoms with Gasteiger partial charge < -0.3 is 15.0 Å². The van der Waals surface area contributed by atoms with Crippen LogP contribution in [0.1, 0.15) is 11.3 Å². The van der Waals surface area contributed by atoms with E-state index in [1.54, 1.807) is 7.11 Å². The second-order valence-electron chi connectivity index (χ2n) is 9.80. The zero-order chi connectivity index (χ0) is 25.6. The van der Waals surface area contributed by atoms with Gasteiger partial charge in [-0.25, -0.2) is 19.9 Å². The number of likely N-dealkylation sites (tertiary alicyclic amines) is 1. The summed E-state index contributed by atoms with van der Waals surface area (Å²) in [5.41, 5.74) is 3.92. The fraction of sp³-hybridized carbons (Fsp3) is 0.250. The second-order valence-corrected chi connectivity index (χ2v) is 9.80. The molecular formula is C28H27N9O. The average molecular weight is 506 g/mol. The van der Waals surface area contributed by atoms with Crippen molar-refractivity contribution in [2.45, 2.75) is 25.6 Å². The number of H-pyrrole nitrogens is 1. The van der Waals surface area contributed by atoms with Crippen molar-refractivity contribution in [1.82, 2.24) is 35.0 Å². The summed E-state index contributed by atoms with van der Waals surface area (Å²) >= 11 is 0. The van der Waals surface area contributed by atoms with Crippen molar-refractivity contribution in [3.63, 3.8) is 0 Å². The van der Waals surface area contributed by atoms with Crippen LogP contribution in [0.25, 0.3) is 22.3 Å². The van der Waals surface area contributed by atoms with Crippen LogP contribution in [0, 0.1) is 6.92 Å². The predicted octanol–water partition coefficient (Wildman–Crippen LogP) is 3.94. The molecule has 1 aromatic carbocycles. The third kappa shape index (κ3) is 3.99. The number of nitrogens with zero attached hydrogens (tertiary/aromatic N) is 7. The van der Waals surface area contributed by atoms with Crippen LogP contribution in [0.5, 0.6) is 5.88 Å². The van der Waals surface area contributed by atoms with Crippen molar-refractivity contribution in [2.75, 3.05) is 30.4 Å². The van der Waals surface area contributed by atoms with Crippen LogP contribution in [0.3, 0.4) is 0 Å². The van der Waals surface area contributed by atoms with Gasteiger partial charge in [0.05, 0.1) is 18.7 Å². The minimum absolute atomic E-state index is 0.504. The lowest BCUT2D eigenvalue weighted by Gasteiger charge is -2.62. The molecule has 0 bridgehead atoms. The van der Waals surface area contributed by atoms with Crippen LogP contribution in [-0.4, -0.2) is 67.3 Å². The molecule has 2 N–H and O–H groups in total. The van der Waals surface area contributed by atoms with E-state index in [-0.39, 0.29) is 0 Å². The standard InChI is InChI=1S/C28H27N9O/c1-17-11-24(35-34-17)32-28-20-5-3-4-6-21(20)31-27(33-28)19-8-9-25(29-13-19)37-16-22-23(37)15-36(22)14-18-7-10-26(38-2)30-12-18/h3-13,22-23H,14-16H2,1-2H3,(H2,31,32,33,34,35)/t22?,23-/m0/s1. The number of aryl methyl sites for hydroxylation is 1. The molecule has 7 rings (SSSR count). The van der Waals surface area contributed by atoms with E-state index in [2.05, 4.69) is 48.5 Å². The molecule has 6 heterocycles. The number of piperazine rings is 1. The Morgan fingerprint density at radius 3 is 2.63 bits per heavy atom. The fourth-order valence-corrected chi connectivity index (χ4v) is 5.24. The molecule has 5 aromatic rings. The van der Waals surface area contributed by atoms with Crippen LogP contribution in [0.2, 0.25) is 0 Å². The van der Waals surface area contributed by atoms with Crippen molar-refractivity contribution in [1.29, 1.82) is 0 Å². The summed E-state index contributed by atoms with van der Waals surface area (Å²) in [6.07, 6.45) is 3.77. The highest BCUT2D eigenvalue weighted by molar-refractivity contribution is 5.92. The number of aromatic amines is 1. The van der Waals surface area contributed by atoms with Crippen molar-refractivity contribution in [3.8, 4) is 17.3 Å². The highest BCUT2D eigenvalue weighted by Crippen LogP contribution is 2.38. The normalized spacial score (nSPS) is 18.5. The Balaban J connectivity index is 1.06. The van der Waals surface area contributed by atoms with Gasteiger partial charge in [0.15, 0.2) is 11.6 Å². The van der Waals surface area contributed by atoms with Gasteiger partial charge in [-0.05, 0) is 36.8 Å². The number of hydrogen-bond acceptors (Lipinski definition) is 9. The van der Waals surface area contributed by atoms with Gasteiger partial charge in [-0.3, -0.25) is 10.00 Å². The van der Waals surface area contributed by atoms with E-state index < -0.39 is 0 Å². The maximum Gasteiger partial charge on any atom is 0.212 e. The summed E-state index contributed by atoms with van der Waals surface area (Å²) in [5, 5.41) is 11.5. The first-order chi connectivity index (χ1) is 18.6. The van der Waals surface area contributed by atoms with Gasteiger partial charge in [0, 0.05) is 66.8 Å². The number of ether oxygens (including phenoxy) is 1. The van der Waals surface area contributed by atoms with E-state index in [0.29, 0.717) is 29.6 Å². The first-order valence-corrected chi connectivity index (χ1v) is 12.7. The van der Waals surface area contributed by atoms with Gasteiger partial charge in [0.2, 0.25) is 5.88 Å². The van der Waals surface area contributed by atoms with Gasteiger partial charge >= 0.3 is 0 Å². The summed E-state index contributed by atoms with van der Waals surface area (Å²) in [4.78, 5) is 23.6. The van der Waals surface area contributed by atoms with Crippen molar-refractivity contribution >= 4 is 28.4 Å². The lowest BCUT2D eigenvalue weighted by atomic mass is 9.85. The monoisotopic (exact) mass is 505 g/mol.